The molecule has 50 valence electrons. The van der Waals surface area contributed by atoms with Crippen LogP contribution in [0.1, 0.15) is 5.56 Å². The minimum atomic E-state index is -0.280. The van der Waals surface area contributed by atoms with Gasteiger partial charge in [-0.3, -0.25) is 0 Å². The molecule has 0 unspecified atom stereocenters. The lowest BCUT2D eigenvalue weighted by Crippen LogP contribution is -1.80. The van der Waals surface area contributed by atoms with E-state index < -0.39 is 0 Å². The van der Waals surface area contributed by atoms with E-state index in [-0.39, 0.29) is 21.3 Å². The second-order valence-electron chi connectivity index (χ2n) is 1.95. The Kier molecular flexibility index (Phi) is 1.58. The van der Waals surface area contributed by atoms with Crippen LogP contribution in [-0.2, 0) is 0 Å². The number of rotatable bonds is 0. The van der Waals surface area contributed by atoms with Gasteiger partial charge in [0.25, 0.3) is 0 Å². The van der Waals surface area contributed by atoms with E-state index in [0.717, 1.165) is 11.3 Å². The van der Waals surface area contributed by atoms with Crippen LogP contribution in [0, 0.1) is 0 Å². The van der Waals surface area contributed by atoms with Gasteiger partial charge >= 0.3 is 0 Å². The van der Waals surface area contributed by atoms with Gasteiger partial charge in [0.1, 0.15) is 21.3 Å². The van der Waals surface area contributed by atoms with Gasteiger partial charge in [0.15, 0.2) is 0 Å². The Morgan fingerprint density at radius 1 is 1.20 bits per heavy atom. The molecular formula is C7H5IN2. The summed E-state index contributed by atoms with van der Waals surface area (Å²) in [6.45, 7) is 0. The van der Waals surface area contributed by atoms with Crippen LogP contribution in [0.5, 0.6) is 0 Å². The molecule has 0 fully saturated rings. The van der Waals surface area contributed by atoms with E-state index >= 15 is 0 Å². The zero-order valence-corrected chi connectivity index (χ0v) is 7.32. The lowest BCUT2D eigenvalue weighted by atomic mass is 10.2. The molecule has 2 nitrogen and oxygen atoms in total. The fraction of sp³-hybridized carbons (Fsp3) is 0. The summed E-state index contributed by atoms with van der Waals surface area (Å²) in [7, 11) is 0. The van der Waals surface area contributed by atoms with Crippen molar-refractivity contribution in [2.45, 2.75) is 0 Å². The largest absolute Gasteiger partial charge is 0.212 e. The van der Waals surface area contributed by atoms with E-state index in [1.807, 2.05) is 30.5 Å². The molecule has 2 rings (SSSR count). The summed E-state index contributed by atoms with van der Waals surface area (Å²) < 4.78 is 8.44. The fourth-order valence-electron chi connectivity index (χ4n) is 0.811. The molecule has 0 saturated carbocycles. The predicted molar refractivity (Wildman–Crippen MR) is 50.1 cm³/mol. The molecule has 0 aromatic heterocycles. The van der Waals surface area contributed by atoms with Crippen LogP contribution in [0.25, 0.3) is 0 Å². The van der Waals surface area contributed by atoms with Crippen molar-refractivity contribution in [3.8, 4) is 0 Å². The Morgan fingerprint density at radius 2 is 2.10 bits per heavy atom. The molecule has 0 saturated heterocycles. The number of fused-ring (bicyclic) bond motifs is 1. The number of nitrogens with zero attached hydrogens (tertiary/aromatic N) is 2. The first-order chi connectivity index (χ1) is 4.97. The molecule has 1 heterocycles. The fourth-order valence-corrected chi connectivity index (χ4v) is 2.03. The summed E-state index contributed by atoms with van der Waals surface area (Å²) >= 11 is -0.280. The summed E-state index contributed by atoms with van der Waals surface area (Å²) in [5.41, 5.74) is 2.25. The molecule has 1 aromatic rings. The minimum Gasteiger partial charge on any atom is -0.212 e. The highest BCUT2D eigenvalue weighted by atomic mass is 127. The molecule has 10 heavy (non-hydrogen) atoms. The van der Waals surface area contributed by atoms with Gasteiger partial charge in [-0.05, 0) is 6.07 Å². The van der Waals surface area contributed by atoms with Crippen molar-refractivity contribution >= 4 is 33.2 Å². The third-order valence-electron chi connectivity index (χ3n) is 1.30. The average molecular weight is 244 g/mol. The molecule has 1 aromatic carbocycles. The van der Waals surface area contributed by atoms with Crippen molar-refractivity contribution in [3.63, 3.8) is 0 Å². The lowest BCUT2D eigenvalue weighted by molar-refractivity contribution is 1.56. The Bertz CT molecular complexity index is 273. The molecule has 0 radical (unpaired) electrons. The summed E-state index contributed by atoms with van der Waals surface area (Å²) in [6.07, 6.45) is 1.91. The minimum absolute atomic E-state index is 0.280. The van der Waals surface area contributed by atoms with Gasteiger partial charge in [-0.1, -0.05) is 18.2 Å². The van der Waals surface area contributed by atoms with Crippen molar-refractivity contribution in [2.24, 2.45) is 6.35 Å². The Hall–Kier alpha value is -0.580. The summed E-state index contributed by atoms with van der Waals surface area (Å²) in [5.74, 6) is 0. The molecule has 0 N–H and O–H groups in total. The third-order valence-corrected chi connectivity index (χ3v) is 2.56. The SMILES string of the molecule is C1=NI=Nc2ccccc21. The molecule has 0 aliphatic carbocycles. The maximum atomic E-state index is 4.31. The number of halogens is 1. The first kappa shape index (κ1) is 6.15. The molecule has 1 aliphatic heterocycles. The molecular weight excluding hydrogens is 239 g/mol. The number of benzene rings is 1. The second kappa shape index (κ2) is 2.57. The Morgan fingerprint density at radius 3 is 3.00 bits per heavy atom. The van der Waals surface area contributed by atoms with E-state index in [1.165, 1.54) is 0 Å². The van der Waals surface area contributed by atoms with Gasteiger partial charge in [0, 0.05) is 11.8 Å². The quantitative estimate of drug-likeness (QED) is 0.627. The van der Waals surface area contributed by atoms with Crippen molar-refractivity contribution in [2.75, 3.05) is 0 Å². The van der Waals surface area contributed by atoms with E-state index in [0.29, 0.717) is 0 Å². The van der Waals surface area contributed by atoms with Crippen molar-refractivity contribution in [1.29, 1.82) is 0 Å². The van der Waals surface area contributed by atoms with Crippen LogP contribution in [-0.4, -0.2) is 6.21 Å². The van der Waals surface area contributed by atoms with Crippen molar-refractivity contribution < 1.29 is 0 Å². The Balaban J connectivity index is 2.65. The Labute approximate surface area is 69.5 Å². The van der Waals surface area contributed by atoms with Gasteiger partial charge in [-0.25, -0.2) is 6.35 Å². The zero-order chi connectivity index (χ0) is 6.81. The first-order valence-corrected chi connectivity index (χ1v) is 4.87. The topological polar surface area (TPSA) is 24.7 Å². The third kappa shape index (κ3) is 1.01. The number of hydrogen-bond acceptors (Lipinski definition) is 2. The van der Waals surface area contributed by atoms with Gasteiger partial charge in [-0.15, -0.1) is 0 Å². The maximum absolute atomic E-state index is 4.31. The highest BCUT2D eigenvalue weighted by Crippen LogP contribution is 2.25. The first-order valence-electron chi connectivity index (χ1n) is 2.94. The van der Waals surface area contributed by atoms with E-state index in [9.17, 15) is 0 Å². The van der Waals surface area contributed by atoms with Crippen LogP contribution in [0.15, 0.2) is 30.6 Å². The van der Waals surface area contributed by atoms with E-state index in [4.69, 9.17) is 0 Å². The van der Waals surface area contributed by atoms with Crippen LogP contribution in [0.4, 0.5) is 5.69 Å². The van der Waals surface area contributed by atoms with Gasteiger partial charge in [0.2, 0.25) is 0 Å². The van der Waals surface area contributed by atoms with Gasteiger partial charge < -0.3 is 0 Å². The van der Waals surface area contributed by atoms with E-state index in [2.05, 4.69) is 6.35 Å². The monoisotopic (exact) mass is 244 g/mol. The average Bonchev–Trinajstić information content (AvgIpc) is 2.05. The standard InChI is InChI=1S/C7H5IN2/c1-2-4-7-6(3-1)5-9-8-10-7/h1-5H. The van der Waals surface area contributed by atoms with Gasteiger partial charge in [-0.2, -0.15) is 0 Å². The van der Waals surface area contributed by atoms with Crippen LogP contribution >= 0.6 is 21.3 Å². The molecule has 0 atom stereocenters. The van der Waals surface area contributed by atoms with E-state index in [1.54, 1.807) is 0 Å². The normalized spacial score (nSPS) is 14.0. The summed E-state index contributed by atoms with van der Waals surface area (Å²) in [5, 5.41) is 0. The molecule has 0 bridgehead atoms. The van der Waals surface area contributed by atoms with Crippen LogP contribution in [0.2, 0.25) is 0 Å². The molecule has 0 amide bonds. The van der Waals surface area contributed by atoms with Crippen LogP contribution in [0.3, 0.4) is 0 Å². The lowest BCUT2D eigenvalue weighted by Gasteiger charge is -1.99. The summed E-state index contributed by atoms with van der Waals surface area (Å²) in [6, 6.07) is 8.07. The second-order valence-corrected chi connectivity index (χ2v) is 3.42. The molecule has 1 aliphatic rings. The van der Waals surface area contributed by atoms with Gasteiger partial charge in [0.05, 0.1) is 5.69 Å². The van der Waals surface area contributed by atoms with Crippen molar-refractivity contribution in [1.82, 2.24) is 0 Å². The van der Waals surface area contributed by atoms with Crippen molar-refractivity contribution in [3.05, 3.63) is 29.8 Å². The molecule has 0 spiro atoms. The zero-order valence-electron chi connectivity index (χ0n) is 5.16. The maximum Gasteiger partial charge on any atom is 0.143 e. The highest BCUT2D eigenvalue weighted by Gasteiger charge is 1.98. The smallest absolute Gasteiger partial charge is 0.143 e. The summed E-state index contributed by atoms with van der Waals surface area (Å²) in [4.78, 5) is 0. The number of hydrogen-bond donors (Lipinski definition) is 0. The highest BCUT2D eigenvalue weighted by molar-refractivity contribution is 14.1. The molecule has 3 heteroatoms. The predicted octanol–water partition coefficient (Wildman–Crippen LogP) is 2.82. The van der Waals surface area contributed by atoms with Crippen LogP contribution < -0.4 is 0 Å².